The number of para-hydroxylation sites is 1. The molecule has 1 N–H and O–H groups in total. The summed E-state index contributed by atoms with van der Waals surface area (Å²) in [6.45, 7) is -0.465. The molecule has 0 aliphatic rings. The minimum atomic E-state index is -0.791. The molecule has 0 aromatic heterocycles. The van der Waals surface area contributed by atoms with Crippen LogP contribution in [0.1, 0.15) is 31.1 Å². The molecular weight excluding hydrogens is 468 g/mol. The van der Waals surface area contributed by atoms with E-state index in [1.165, 1.54) is 30.3 Å². The molecule has 0 aliphatic carbocycles. The van der Waals surface area contributed by atoms with Gasteiger partial charge in [-0.15, -0.1) is 0 Å². The standard InChI is InChI=1S/C22H15BrN2O6/c23-16-10-8-14(9-11-16)20(26)13-31-22(28)18-6-1-2-7-19(18)24-21(27)15-4-3-5-17(12-15)25(29)30/h1-12H,13H2,(H,24,27). The van der Waals surface area contributed by atoms with Gasteiger partial charge in [-0.3, -0.25) is 19.7 Å². The number of halogens is 1. The van der Waals surface area contributed by atoms with Crippen LogP contribution in [-0.4, -0.2) is 29.2 Å². The molecule has 0 bridgehead atoms. The van der Waals surface area contributed by atoms with Crippen LogP contribution in [0.5, 0.6) is 0 Å². The number of ketones is 1. The number of nitrogens with zero attached hydrogens (tertiary/aromatic N) is 1. The number of esters is 1. The monoisotopic (exact) mass is 482 g/mol. The second-order valence-corrected chi connectivity index (χ2v) is 7.23. The average molecular weight is 483 g/mol. The summed E-state index contributed by atoms with van der Waals surface area (Å²) in [5, 5.41) is 13.5. The fourth-order valence-corrected chi connectivity index (χ4v) is 2.92. The normalized spacial score (nSPS) is 10.2. The molecule has 3 rings (SSSR count). The Kier molecular flexibility index (Phi) is 6.88. The lowest BCUT2D eigenvalue weighted by molar-refractivity contribution is -0.384. The lowest BCUT2D eigenvalue weighted by Crippen LogP contribution is -2.18. The van der Waals surface area contributed by atoms with E-state index in [0.717, 1.165) is 10.5 Å². The number of carbonyl (C=O) groups is 3. The number of nitrogens with one attached hydrogen (secondary N) is 1. The fraction of sp³-hybridized carbons (Fsp3) is 0.0455. The number of amides is 1. The van der Waals surface area contributed by atoms with Crippen molar-refractivity contribution in [2.75, 3.05) is 11.9 Å². The zero-order valence-electron chi connectivity index (χ0n) is 15.9. The molecule has 3 aromatic carbocycles. The smallest absolute Gasteiger partial charge is 0.340 e. The van der Waals surface area contributed by atoms with Crippen LogP contribution in [-0.2, 0) is 4.74 Å². The van der Waals surface area contributed by atoms with Crippen LogP contribution in [0.3, 0.4) is 0 Å². The van der Waals surface area contributed by atoms with E-state index in [2.05, 4.69) is 21.2 Å². The molecule has 0 spiro atoms. The van der Waals surface area contributed by atoms with Gasteiger partial charge in [-0.25, -0.2) is 4.79 Å². The Balaban J connectivity index is 1.70. The van der Waals surface area contributed by atoms with Gasteiger partial charge >= 0.3 is 5.97 Å². The van der Waals surface area contributed by atoms with Crippen molar-refractivity contribution >= 4 is 45.0 Å². The molecule has 0 aliphatic heterocycles. The molecule has 156 valence electrons. The van der Waals surface area contributed by atoms with Gasteiger partial charge in [0.15, 0.2) is 12.4 Å². The van der Waals surface area contributed by atoms with Gasteiger partial charge in [0.2, 0.25) is 0 Å². The molecule has 0 fully saturated rings. The van der Waals surface area contributed by atoms with E-state index >= 15 is 0 Å². The van der Waals surface area contributed by atoms with Crippen molar-refractivity contribution in [2.24, 2.45) is 0 Å². The first-order chi connectivity index (χ1) is 14.8. The van der Waals surface area contributed by atoms with Gasteiger partial charge in [-0.05, 0) is 30.3 Å². The first-order valence-electron chi connectivity index (χ1n) is 8.96. The van der Waals surface area contributed by atoms with Crippen molar-refractivity contribution in [3.05, 3.63) is 104 Å². The highest BCUT2D eigenvalue weighted by molar-refractivity contribution is 9.10. The molecule has 0 radical (unpaired) electrons. The molecule has 8 nitrogen and oxygen atoms in total. The maximum absolute atomic E-state index is 12.5. The first-order valence-corrected chi connectivity index (χ1v) is 9.75. The van der Waals surface area contributed by atoms with E-state index in [4.69, 9.17) is 4.74 Å². The summed E-state index contributed by atoms with van der Waals surface area (Å²) in [5.74, 6) is -1.80. The summed E-state index contributed by atoms with van der Waals surface area (Å²) in [6, 6.07) is 17.9. The zero-order chi connectivity index (χ0) is 22.4. The van der Waals surface area contributed by atoms with Crippen molar-refractivity contribution in [1.82, 2.24) is 0 Å². The molecule has 1 amide bonds. The number of hydrogen-bond acceptors (Lipinski definition) is 6. The van der Waals surface area contributed by atoms with Crippen molar-refractivity contribution < 1.29 is 24.0 Å². The Hall–Kier alpha value is -3.85. The molecule has 3 aromatic rings. The Morgan fingerprint density at radius 2 is 1.65 bits per heavy atom. The number of carbonyl (C=O) groups excluding carboxylic acids is 3. The largest absolute Gasteiger partial charge is 0.454 e. The van der Waals surface area contributed by atoms with Gasteiger partial charge in [0.05, 0.1) is 16.2 Å². The van der Waals surface area contributed by atoms with Gasteiger partial charge in [-0.1, -0.05) is 46.3 Å². The SMILES string of the molecule is O=C(COC(=O)c1ccccc1NC(=O)c1cccc([N+](=O)[O-])c1)c1ccc(Br)cc1. The highest BCUT2D eigenvalue weighted by atomic mass is 79.9. The van der Waals surface area contributed by atoms with Gasteiger partial charge in [0.1, 0.15) is 0 Å². The fourth-order valence-electron chi connectivity index (χ4n) is 2.65. The summed E-state index contributed by atoms with van der Waals surface area (Å²) in [7, 11) is 0. The minimum absolute atomic E-state index is 0.0462. The van der Waals surface area contributed by atoms with E-state index < -0.39 is 23.4 Å². The van der Waals surface area contributed by atoms with E-state index in [0.29, 0.717) is 5.56 Å². The third-order valence-corrected chi connectivity index (χ3v) is 4.74. The van der Waals surface area contributed by atoms with Crippen LogP contribution < -0.4 is 5.32 Å². The second-order valence-electron chi connectivity index (χ2n) is 6.31. The number of nitro benzene ring substituents is 1. The lowest BCUT2D eigenvalue weighted by Gasteiger charge is -2.11. The number of nitro groups is 1. The Bertz CT molecular complexity index is 1160. The molecule has 0 atom stereocenters. The number of non-ortho nitro benzene ring substituents is 1. The number of rotatable bonds is 7. The summed E-state index contributed by atoms with van der Waals surface area (Å²) < 4.78 is 5.93. The van der Waals surface area contributed by atoms with Crippen LogP contribution in [0.25, 0.3) is 0 Å². The van der Waals surface area contributed by atoms with E-state index in [1.807, 2.05) is 0 Å². The lowest BCUT2D eigenvalue weighted by atomic mass is 10.1. The third-order valence-electron chi connectivity index (χ3n) is 4.21. The molecule has 9 heteroatoms. The molecule has 0 saturated carbocycles. The highest BCUT2D eigenvalue weighted by Crippen LogP contribution is 2.19. The number of benzene rings is 3. The predicted molar refractivity (Wildman–Crippen MR) is 116 cm³/mol. The maximum Gasteiger partial charge on any atom is 0.340 e. The Labute approximate surface area is 185 Å². The maximum atomic E-state index is 12.5. The van der Waals surface area contributed by atoms with Crippen LogP contribution in [0.4, 0.5) is 11.4 Å². The average Bonchev–Trinajstić information content (AvgIpc) is 2.78. The summed E-state index contributed by atoms with van der Waals surface area (Å²) in [6.07, 6.45) is 0. The number of Topliss-reactive ketones (excluding diaryl/α,β-unsaturated/α-hetero) is 1. The van der Waals surface area contributed by atoms with Gasteiger partial charge < -0.3 is 10.1 Å². The summed E-state index contributed by atoms with van der Waals surface area (Å²) >= 11 is 3.28. The van der Waals surface area contributed by atoms with Crippen LogP contribution in [0.15, 0.2) is 77.3 Å². The van der Waals surface area contributed by atoms with E-state index in [9.17, 15) is 24.5 Å². The number of ether oxygens (including phenoxy) is 1. The topological polar surface area (TPSA) is 116 Å². The first kappa shape index (κ1) is 21.8. The third kappa shape index (κ3) is 5.61. The predicted octanol–water partition coefficient (Wildman–Crippen LogP) is 4.65. The van der Waals surface area contributed by atoms with Crippen molar-refractivity contribution in [3.63, 3.8) is 0 Å². The van der Waals surface area contributed by atoms with Gasteiger partial charge in [0, 0.05) is 27.7 Å². The highest BCUT2D eigenvalue weighted by Gasteiger charge is 2.18. The molecular formula is C22H15BrN2O6. The van der Waals surface area contributed by atoms with Crippen LogP contribution in [0.2, 0.25) is 0 Å². The van der Waals surface area contributed by atoms with Crippen LogP contribution >= 0.6 is 15.9 Å². The van der Waals surface area contributed by atoms with Crippen molar-refractivity contribution in [2.45, 2.75) is 0 Å². The summed E-state index contributed by atoms with van der Waals surface area (Å²) in [4.78, 5) is 47.5. The van der Waals surface area contributed by atoms with Crippen molar-refractivity contribution in [3.8, 4) is 0 Å². The number of anilines is 1. The Morgan fingerprint density at radius 1 is 0.935 bits per heavy atom. The second kappa shape index (κ2) is 9.77. The molecule has 0 saturated heterocycles. The molecule has 0 heterocycles. The zero-order valence-corrected chi connectivity index (χ0v) is 17.5. The number of hydrogen-bond donors (Lipinski definition) is 1. The minimum Gasteiger partial charge on any atom is -0.454 e. The van der Waals surface area contributed by atoms with Gasteiger partial charge in [-0.2, -0.15) is 0 Å². The van der Waals surface area contributed by atoms with E-state index in [-0.39, 0.29) is 28.3 Å². The van der Waals surface area contributed by atoms with Crippen LogP contribution in [0, 0.1) is 10.1 Å². The molecule has 31 heavy (non-hydrogen) atoms. The Morgan fingerprint density at radius 3 is 2.35 bits per heavy atom. The van der Waals surface area contributed by atoms with Crippen molar-refractivity contribution in [1.29, 1.82) is 0 Å². The quantitative estimate of drug-likeness (QED) is 0.226. The van der Waals surface area contributed by atoms with Gasteiger partial charge in [0.25, 0.3) is 11.6 Å². The summed E-state index contributed by atoms with van der Waals surface area (Å²) in [5.41, 5.74) is 0.419. The molecule has 0 unspecified atom stereocenters. The van der Waals surface area contributed by atoms with E-state index in [1.54, 1.807) is 36.4 Å².